The first-order valence-corrected chi connectivity index (χ1v) is 12.6. The van der Waals surface area contributed by atoms with Crippen LogP contribution in [0.3, 0.4) is 0 Å². The second-order valence-corrected chi connectivity index (χ2v) is 11.7. The zero-order chi connectivity index (χ0) is 25.7. The highest BCUT2D eigenvalue weighted by atomic mass is 32.2. The largest absolute Gasteiger partial charge is 0.480 e. The topological polar surface area (TPSA) is 105 Å². The van der Waals surface area contributed by atoms with Crippen molar-refractivity contribution in [3.05, 3.63) is 65.0 Å². The number of carboxylic acid groups (broad SMARTS) is 1. The van der Waals surface area contributed by atoms with Crippen LogP contribution in [0, 0.1) is 23.0 Å². The number of aromatic nitrogens is 1. The molecule has 1 aromatic heterocycles. The minimum absolute atomic E-state index is 0.0219. The van der Waals surface area contributed by atoms with E-state index in [2.05, 4.69) is 4.98 Å². The Hall–Kier alpha value is -3.14. The third-order valence-electron chi connectivity index (χ3n) is 6.79. The Kier molecular flexibility index (Phi) is 6.29. The number of rotatable bonds is 6. The van der Waals surface area contributed by atoms with Crippen LogP contribution in [0.5, 0.6) is 0 Å². The summed E-state index contributed by atoms with van der Waals surface area (Å²) in [5.41, 5.74) is 1.21. The average molecular weight is 505 g/mol. The molecule has 1 aromatic carbocycles. The van der Waals surface area contributed by atoms with Crippen molar-refractivity contribution in [2.45, 2.75) is 56.0 Å². The lowest BCUT2D eigenvalue weighted by atomic mass is 9.68. The number of carbonyl (C=O) groups is 2. The van der Waals surface area contributed by atoms with Crippen LogP contribution in [0.1, 0.15) is 39.2 Å². The fourth-order valence-corrected chi connectivity index (χ4v) is 6.81. The number of allylic oxidation sites excluding steroid dienone is 1. The molecule has 0 radical (unpaired) electrons. The lowest BCUT2D eigenvalue weighted by Gasteiger charge is -2.41. The maximum absolute atomic E-state index is 14.4. The first kappa shape index (κ1) is 25.0. The molecule has 10 heteroatoms. The molecule has 4 rings (SSSR count). The minimum atomic E-state index is -4.44. The number of hydrogen-bond acceptors (Lipinski definition) is 6. The zero-order valence-electron chi connectivity index (χ0n) is 19.6. The summed E-state index contributed by atoms with van der Waals surface area (Å²) >= 11 is 0. The summed E-state index contributed by atoms with van der Waals surface area (Å²) in [7, 11) is -4.44. The van der Waals surface area contributed by atoms with Crippen LogP contribution in [0.15, 0.2) is 57.7 Å². The number of Topliss-reactive ketones (excluding diaryl/α,β-unsaturated/α-hetero) is 1. The van der Waals surface area contributed by atoms with Gasteiger partial charge in [0, 0.05) is 30.4 Å². The van der Waals surface area contributed by atoms with Crippen LogP contribution >= 0.6 is 0 Å². The van der Waals surface area contributed by atoms with Crippen molar-refractivity contribution < 1.29 is 31.9 Å². The van der Waals surface area contributed by atoms with E-state index >= 15 is 0 Å². The van der Waals surface area contributed by atoms with E-state index in [0.29, 0.717) is 30.2 Å². The maximum Gasteiger partial charge on any atom is 0.323 e. The van der Waals surface area contributed by atoms with E-state index in [1.807, 2.05) is 13.8 Å². The van der Waals surface area contributed by atoms with E-state index in [4.69, 9.17) is 0 Å². The Labute approximate surface area is 202 Å². The number of fused-ring (bicyclic) bond motifs is 1. The highest BCUT2D eigenvalue weighted by Gasteiger charge is 2.49. The van der Waals surface area contributed by atoms with Gasteiger partial charge in [0.05, 0.1) is 5.92 Å². The van der Waals surface area contributed by atoms with Gasteiger partial charge in [-0.1, -0.05) is 19.9 Å². The first-order valence-electron chi connectivity index (χ1n) is 11.2. The third kappa shape index (κ3) is 4.59. The van der Waals surface area contributed by atoms with E-state index < -0.39 is 38.3 Å². The minimum Gasteiger partial charge on any atom is -0.480 e. The fraction of sp³-hybridized carbons (Fsp3) is 0.400. The highest BCUT2D eigenvalue weighted by molar-refractivity contribution is 7.91. The van der Waals surface area contributed by atoms with E-state index in [-0.39, 0.29) is 40.8 Å². The van der Waals surface area contributed by atoms with Gasteiger partial charge in [0.2, 0.25) is 9.84 Å². The average Bonchev–Trinajstić information content (AvgIpc) is 2.98. The molecule has 0 amide bonds. The Morgan fingerprint density at radius 2 is 1.97 bits per heavy atom. The van der Waals surface area contributed by atoms with Gasteiger partial charge in [-0.15, -0.1) is 0 Å². The number of nitrogens with zero attached hydrogens (tertiary/aromatic N) is 2. The summed E-state index contributed by atoms with van der Waals surface area (Å²) in [6.07, 6.45) is 2.23. The number of sulfone groups is 1. The SMILES string of the molecule is CC1=C(Cc2cccnc2S(=O)(=O)c2ccc(F)cc2F)C2C(=O)CC(C)(C)CC2N1CC(=O)O. The van der Waals surface area contributed by atoms with Gasteiger partial charge >= 0.3 is 5.97 Å². The summed E-state index contributed by atoms with van der Waals surface area (Å²) in [5, 5.41) is 9.09. The second kappa shape index (κ2) is 8.82. The molecule has 0 saturated heterocycles. The molecule has 2 aliphatic rings. The molecule has 1 aliphatic carbocycles. The molecular weight excluding hydrogens is 478 g/mol. The molecule has 2 heterocycles. The van der Waals surface area contributed by atoms with Crippen molar-refractivity contribution in [2.24, 2.45) is 11.3 Å². The number of halogens is 2. The van der Waals surface area contributed by atoms with Crippen LogP contribution in [0.25, 0.3) is 0 Å². The summed E-state index contributed by atoms with van der Waals surface area (Å²) in [6, 6.07) is 4.94. The van der Waals surface area contributed by atoms with E-state index in [1.54, 1.807) is 17.9 Å². The summed E-state index contributed by atoms with van der Waals surface area (Å²) in [6.45, 7) is 5.40. The number of hydrogen-bond donors (Lipinski definition) is 1. The van der Waals surface area contributed by atoms with Gasteiger partial charge < -0.3 is 10.0 Å². The molecule has 2 aromatic rings. The van der Waals surface area contributed by atoms with Gasteiger partial charge in [-0.25, -0.2) is 22.2 Å². The van der Waals surface area contributed by atoms with E-state index in [9.17, 15) is 31.9 Å². The van der Waals surface area contributed by atoms with Gasteiger partial charge in [0.15, 0.2) is 5.03 Å². The number of pyridine rings is 1. The van der Waals surface area contributed by atoms with Gasteiger partial charge in [-0.2, -0.15) is 0 Å². The standard InChI is InChI=1S/C25H26F2N2O5S/c1-14-17(23-19(29(14)13-22(31)32)11-25(2,3)12-20(23)30)9-15-5-4-8-28-24(15)35(33,34)21-7-6-16(26)10-18(21)27/h4-8,10,19,23H,9,11-13H2,1-3H3,(H,31,32). The number of benzene rings is 1. The van der Waals surface area contributed by atoms with Gasteiger partial charge in [-0.3, -0.25) is 9.59 Å². The van der Waals surface area contributed by atoms with E-state index in [1.165, 1.54) is 12.3 Å². The molecule has 0 bridgehead atoms. The van der Waals surface area contributed by atoms with Crippen molar-refractivity contribution in [2.75, 3.05) is 6.54 Å². The smallest absolute Gasteiger partial charge is 0.323 e. The molecule has 0 spiro atoms. The quantitative estimate of drug-likeness (QED) is 0.597. The van der Waals surface area contributed by atoms with Crippen molar-refractivity contribution in [1.82, 2.24) is 9.88 Å². The normalized spacial score (nSPS) is 21.9. The lowest BCUT2D eigenvalue weighted by molar-refractivity contribution is -0.140. The first-order chi connectivity index (χ1) is 16.3. The van der Waals surface area contributed by atoms with Crippen molar-refractivity contribution >= 4 is 21.6 Å². The van der Waals surface area contributed by atoms with Crippen LogP contribution in [0.2, 0.25) is 0 Å². The van der Waals surface area contributed by atoms with Crippen molar-refractivity contribution in [3.63, 3.8) is 0 Å². The molecule has 35 heavy (non-hydrogen) atoms. The Morgan fingerprint density at radius 1 is 1.26 bits per heavy atom. The molecule has 186 valence electrons. The molecule has 1 N–H and O–H groups in total. The monoisotopic (exact) mass is 504 g/mol. The van der Waals surface area contributed by atoms with Crippen molar-refractivity contribution in [1.29, 1.82) is 0 Å². The molecular formula is C25H26F2N2O5S. The van der Waals surface area contributed by atoms with Crippen molar-refractivity contribution in [3.8, 4) is 0 Å². The predicted molar refractivity (Wildman–Crippen MR) is 122 cm³/mol. The molecule has 1 fully saturated rings. The molecule has 7 nitrogen and oxygen atoms in total. The molecule has 1 aliphatic heterocycles. The Bertz CT molecular complexity index is 1350. The lowest BCUT2D eigenvalue weighted by Crippen LogP contribution is -2.47. The zero-order valence-corrected chi connectivity index (χ0v) is 20.4. The number of carbonyl (C=O) groups excluding carboxylic acids is 1. The number of carboxylic acids is 1. The number of ketones is 1. The Balaban J connectivity index is 1.78. The van der Waals surface area contributed by atoms with Crippen LogP contribution in [-0.2, 0) is 25.8 Å². The van der Waals surface area contributed by atoms with Gasteiger partial charge in [0.1, 0.15) is 28.9 Å². The van der Waals surface area contributed by atoms with Gasteiger partial charge in [0.25, 0.3) is 0 Å². The molecule has 2 atom stereocenters. The molecule has 2 unspecified atom stereocenters. The van der Waals surface area contributed by atoms with Crippen LogP contribution in [-0.4, -0.2) is 47.7 Å². The summed E-state index contributed by atoms with van der Waals surface area (Å²) in [5.74, 6) is -3.75. The second-order valence-electron chi connectivity index (χ2n) is 9.91. The fourth-order valence-electron chi connectivity index (χ4n) is 5.35. The van der Waals surface area contributed by atoms with Crippen LogP contribution in [0.4, 0.5) is 8.78 Å². The van der Waals surface area contributed by atoms with E-state index in [0.717, 1.165) is 12.1 Å². The summed E-state index contributed by atoms with van der Waals surface area (Å²) in [4.78, 5) is 29.8. The Morgan fingerprint density at radius 3 is 2.63 bits per heavy atom. The van der Waals surface area contributed by atoms with Gasteiger partial charge in [-0.05, 0) is 54.5 Å². The third-order valence-corrected chi connectivity index (χ3v) is 8.58. The van der Waals surface area contributed by atoms with Crippen LogP contribution < -0.4 is 0 Å². The maximum atomic E-state index is 14.4. The predicted octanol–water partition coefficient (Wildman–Crippen LogP) is 3.78. The number of aliphatic carboxylic acids is 1. The molecule has 1 saturated carbocycles. The summed E-state index contributed by atoms with van der Waals surface area (Å²) < 4.78 is 54.3. The highest BCUT2D eigenvalue weighted by Crippen LogP contribution is 2.48.